The van der Waals surface area contributed by atoms with Crippen molar-refractivity contribution in [2.75, 3.05) is 13.2 Å². The lowest BCUT2D eigenvalue weighted by molar-refractivity contribution is -0.0650. The quantitative estimate of drug-likeness (QED) is 0.697. The van der Waals surface area contributed by atoms with Crippen LogP contribution in [-0.2, 0) is 9.47 Å². The first-order chi connectivity index (χ1) is 6.73. The van der Waals surface area contributed by atoms with Crippen LogP contribution in [-0.4, -0.2) is 36.1 Å². The molecule has 2 rings (SSSR count). The maximum absolute atomic E-state index is 10.1. The summed E-state index contributed by atoms with van der Waals surface area (Å²) in [4.78, 5) is 0. The van der Waals surface area contributed by atoms with E-state index in [0.717, 1.165) is 12.8 Å². The molecule has 1 heterocycles. The molecule has 1 aliphatic carbocycles. The summed E-state index contributed by atoms with van der Waals surface area (Å²) in [5.41, 5.74) is -0.753. The molecule has 0 bridgehead atoms. The van der Waals surface area contributed by atoms with Crippen LogP contribution in [0.2, 0.25) is 0 Å². The third-order valence-corrected chi connectivity index (χ3v) is 3.43. The number of hydrogen-bond acceptors (Lipinski definition) is 3. The van der Waals surface area contributed by atoms with E-state index in [4.69, 9.17) is 9.47 Å². The number of fused-ring (bicyclic) bond motifs is 1. The maximum atomic E-state index is 10.1. The lowest BCUT2D eigenvalue weighted by atomic mass is 9.95. The van der Waals surface area contributed by atoms with Gasteiger partial charge in [-0.25, -0.2) is 0 Å². The number of hydrogen-bond donors (Lipinski definition) is 1. The topological polar surface area (TPSA) is 38.7 Å². The molecule has 0 spiro atoms. The molecule has 2 unspecified atom stereocenters. The lowest BCUT2D eigenvalue weighted by Crippen LogP contribution is -2.37. The van der Waals surface area contributed by atoms with E-state index in [-0.39, 0.29) is 12.2 Å². The van der Waals surface area contributed by atoms with Gasteiger partial charge in [-0.3, -0.25) is 0 Å². The summed E-state index contributed by atoms with van der Waals surface area (Å²) in [6.45, 7) is 2.84. The largest absolute Gasteiger partial charge is 0.385 e. The Bertz CT molecular complexity index is 177. The third-order valence-electron chi connectivity index (χ3n) is 3.43. The molecular formula is C11H20O3. The van der Waals surface area contributed by atoms with Gasteiger partial charge in [0.1, 0.15) is 5.60 Å². The predicted octanol–water partition coefficient (Wildman–Crippen LogP) is 1.49. The highest BCUT2D eigenvalue weighted by Crippen LogP contribution is 2.29. The second-order valence-corrected chi connectivity index (χ2v) is 4.56. The van der Waals surface area contributed by atoms with Crippen LogP contribution in [0.4, 0.5) is 0 Å². The minimum Gasteiger partial charge on any atom is -0.385 e. The van der Waals surface area contributed by atoms with Crippen LogP contribution in [0, 0.1) is 0 Å². The minimum absolute atomic E-state index is 0.226. The summed E-state index contributed by atoms with van der Waals surface area (Å²) in [7, 11) is 0. The summed E-state index contributed by atoms with van der Waals surface area (Å²) in [6.07, 6.45) is 5.79. The molecule has 3 heteroatoms. The Balaban J connectivity index is 1.98. The first kappa shape index (κ1) is 10.4. The molecule has 3 nitrogen and oxygen atoms in total. The van der Waals surface area contributed by atoms with E-state index in [1.165, 1.54) is 12.8 Å². The van der Waals surface area contributed by atoms with Crippen LogP contribution < -0.4 is 0 Å². The number of rotatable bonds is 1. The molecule has 1 saturated carbocycles. The molecule has 0 aromatic carbocycles. The van der Waals surface area contributed by atoms with E-state index in [9.17, 15) is 5.11 Å². The van der Waals surface area contributed by atoms with Gasteiger partial charge in [-0.15, -0.1) is 0 Å². The van der Waals surface area contributed by atoms with Crippen molar-refractivity contribution in [3.8, 4) is 0 Å². The molecule has 1 aliphatic heterocycles. The Kier molecular flexibility index (Phi) is 3.10. The Morgan fingerprint density at radius 2 is 1.64 bits per heavy atom. The van der Waals surface area contributed by atoms with Gasteiger partial charge in [0, 0.05) is 0 Å². The van der Waals surface area contributed by atoms with Crippen LogP contribution in [0.15, 0.2) is 0 Å². The monoisotopic (exact) mass is 200 g/mol. The zero-order chi connectivity index (χ0) is 10.0. The Morgan fingerprint density at radius 3 is 2.07 bits per heavy atom. The molecule has 1 saturated heterocycles. The molecule has 2 aliphatic rings. The SMILES string of the molecule is CCC1(O)COC2CCCCC2OC1. The molecule has 2 fully saturated rings. The van der Waals surface area contributed by atoms with Crippen LogP contribution in [0.5, 0.6) is 0 Å². The van der Waals surface area contributed by atoms with Gasteiger partial charge < -0.3 is 14.6 Å². The van der Waals surface area contributed by atoms with Crippen LogP contribution in [0.25, 0.3) is 0 Å². The van der Waals surface area contributed by atoms with Gasteiger partial charge in [0.2, 0.25) is 0 Å². The Morgan fingerprint density at radius 1 is 1.14 bits per heavy atom. The van der Waals surface area contributed by atoms with E-state index in [2.05, 4.69) is 0 Å². The molecule has 0 aromatic heterocycles. The Labute approximate surface area is 85.4 Å². The molecule has 82 valence electrons. The summed E-state index contributed by atoms with van der Waals surface area (Å²) in [5, 5.41) is 10.1. The fourth-order valence-electron chi connectivity index (χ4n) is 2.21. The van der Waals surface area contributed by atoms with Crippen molar-refractivity contribution in [3.63, 3.8) is 0 Å². The van der Waals surface area contributed by atoms with Crippen molar-refractivity contribution < 1.29 is 14.6 Å². The molecule has 2 atom stereocenters. The first-order valence-corrected chi connectivity index (χ1v) is 5.69. The average Bonchev–Trinajstić information content (AvgIpc) is 2.40. The maximum Gasteiger partial charge on any atom is 0.111 e. The van der Waals surface area contributed by atoms with Crippen molar-refractivity contribution >= 4 is 0 Å². The van der Waals surface area contributed by atoms with Crippen molar-refractivity contribution in [1.82, 2.24) is 0 Å². The van der Waals surface area contributed by atoms with E-state index in [1.807, 2.05) is 6.92 Å². The van der Waals surface area contributed by atoms with Gasteiger partial charge in [0.15, 0.2) is 0 Å². The first-order valence-electron chi connectivity index (χ1n) is 5.69. The molecule has 1 N–H and O–H groups in total. The molecule has 14 heavy (non-hydrogen) atoms. The smallest absolute Gasteiger partial charge is 0.111 e. The molecular weight excluding hydrogens is 180 g/mol. The normalized spacial score (nSPS) is 44.1. The highest BCUT2D eigenvalue weighted by atomic mass is 16.6. The zero-order valence-electron chi connectivity index (χ0n) is 8.87. The van der Waals surface area contributed by atoms with Crippen LogP contribution in [0.1, 0.15) is 39.0 Å². The van der Waals surface area contributed by atoms with Gasteiger partial charge in [-0.2, -0.15) is 0 Å². The van der Waals surface area contributed by atoms with Crippen molar-refractivity contribution in [3.05, 3.63) is 0 Å². The highest BCUT2D eigenvalue weighted by molar-refractivity contribution is 4.85. The third kappa shape index (κ3) is 2.10. The van der Waals surface area contributed by atoms with Crippen molar-refractivity contribution in [1.29, 1.82) is 0 Å². The van der Waals surface area contributed by atoms with E-state index >= 15 is 0 Å². The van der Waals surface area contributed by atoms with Gasteiger partial charge in [-0.1, -0.05) is 19.8 Å². The summed E-state index contributed by atoms with van der Waals surface area (Å²) >= 11 is 0. The fourth-order valence-corrected chi connectivity index (χ4v) is 2.21. The van der Waals surface area contributed by atoms with Gasteiger partial charge >= 0.3 is 0 Å². The summed E-state index contributed by atoms with van der Waals surface area (Å²) < 4.78 is 11.5. The zero-order valence-corrected chi connectivity index (χ0v) is 8.87. The second kappa shape index (κ2) is 4.17. The van der Waals surface area contributed by atoms with Gasteiger partial charge in [0.25, 0.3) is 0 Å². The van der Waals surface area contributed by atoms with Crippen molar-refractivity contribution in [2.45, 2.75) is 56.8 Å². The predicted molar refractivity (Wildman–Crippen MR) is 53.2 cm³/mol. The van der Waals surface area contributed by atoms with Gasteiger partial charge in [-0.05, 0) is 19.3 Å². The van der Waals surface area contributed by atoms with Crippen molar-refractivity contribution in [2.24, 2.45) is 0 Å². The molecule has 0 radical (unpaired) electrons. The highest BCUT2D eigenvalue weighted by Gasteiger charge is 2.36. The van der Waals surface area contributed by atoms with Gasteiger partial charge in [0.05, 0.1) is 25.4 Å². The molecule has 0 aromatic rings. The average molecular weight is 200 g/mol. The van der Waals surface area contributed by atoms with E-state index in [1.54, 1.807) is 0 Å². The standard InChI is InChI=1S/C11H20O3/c1-2-11(12)7-13-9-5-3-4-6-10(9)14-8-11/h9-10,12H,2-8H2,1H3. The number of ether oxygens (including phenoxy) is 2. The second-order valence-electron chi connectivity index (χ2n) is 4.56. The summed E-state index contributed by atoms with van der Waals surface area (Å²) in [5.74, 6) is 0. The van der Waals surface area contributed by atoms with E-state index < -0.39 is 5.60 Å². The lowest BCUT2D eigenvalue weighted by Gasteiger charge is -2.28. The summed E-state index contributed by atoms with van der Waals surface area (Å²) in [6, 6.07) is 0. The fraction of sp³-hybridized carbons (Fsp3) is 1.00. The minimum atomic E-state index is -0.753. The van der Waals surface area contributed by atoms with Crippen LogP contribution in [0.3, 0.4) is 0 Å². The van der Waals surface area contributed by atoms with E-state index in [0.29, 0.717) is 19.6 Å². The molecule has 0 amide bonds. The number of aliphatic hydroxyl groups is 1. The Hall–Kier alpha value is -0.120. The van der Waals surface area contributed by atoms with Crippen LogP contribution >= 0.6 is 0 Å².